The normalized spacial score (nSPS) is 25.6. The number of hydrogen-bond donors (Lipinski definition) is 0. The molecular formula is C13H28P2. The van der Waals surface area contributed by atoms with Gasteiger partial charge in [0, 0.05) is 0 Å². The van der Waals surface area contributed by atoms with Crippen LogP contribution in [0.15, 0.2) is 0 Å². The molecule has 0 aromatic heterocycles. The molecule has 0 aromatic carbocycles. The van der Waals surface area contributed by atoms with Crippen molar-refractivity contribution in [1.29, 1.82) is 0 Å². The molecule has 0 saturated carbocycles. The van der Waals surface area contributed by atoms with Crippen LogP contribution in [0.1, 0.15) is 52.4 Å². The molecule has 15 heavy (non-hydrogen) atoms. The largest absolute Gasteiger partial charge is 0.122 e. The second kappa shape index (κ2) is 8.95. The molecular weight excluding hydrogens is 218 g/mol. The van der Waals surface area contributed by atoms with E-state index >= 15 is 0 Å². The first kappa shape index (κ1) is 13.9. The van der Waals surface area contributed by atoms with Crippen LogP contribution in [0.2, 0.25) is 0 Å². The average molecular weight is 246 g/mol. The Morgan fingerprint density at radius 1 is 1.33 bits per heavy atom. The van der Waals surface area contributed by atoms with E-state index in [0.717, 1.165) is 11.6 Å². The molecule has 1 saturated heterocycles. The van der Waals surface area contributed by atoms with Crippen molar-refractivity contribution in [2.45, 2.75) is 58.0 Å². The third kappa shape index (κ3) is 6.23. The number of unbranched alkanes of at least 4 members (excludes halogenated alkanes) is 1. The molecule has 2 heteroatoms. The van der Waals surface area contributed by atoms with Gasteiger partial charge in [0.15, 0.2) is 0 Å². The van der Waals surface area contributed by atoms with Gasteiger partial charge in [0.25, 0.3) is 0 Å². The molecule has 0 amide bonds. The maximum absolute atomic E-state index is 2.50. The second-order valence-corrected chi connectivity index (χ2v) is 8.08. The van der Waals surface area contributed by atoms with Crippen molar-refractivity contribution < 1.29 is 0 Å². The molecule has 0 N–H and O–H groups in total. The SMILES string of the molecule is CCCCPCCC[C@H](C)C1CCCP1. The van der Waals surface area contributed by atoms with E-state index in [1.54, 1.807) is 0 Å². The smallest absolute Gasteiger partial charge is 0.0211 e. The van der Waals surface area contributed by atoms with Crippen LogP contribution in [0.25, 0.3) is 0 Å². The third-order valence-electron chi connectivity index (χ3n) is 3.51. The van der Waals surface area contributed by atoms with Crippen molar-refractivity contribution >= 4 is 17.2 Å². The van der Waals surface area contributed by atoms with Crippen LogP contribution in [0.4, 0.5) is 0 Å². The molecule has 0 spiro atoms. The molecule has 0 aromatic rings. The highest BCUT2D eigenvalue weighted by molar-refractivity contribution is 7.39. The zero-order chi connectivity index (χ0) is 10.9. The summed E-state index contributed by atoms with van der Waals surface area (Å²) < 4.78 is 0. The Labute approximate surface area is 99.9 Å². The van der Waals surface area contributed by atoms with Crippen molar-refractivity contribution in [2.24, 2.45) is 5.92 Å². The van der Waals surface area contributed by atoms with Crippen LogP contribution < -0.4 is 0 Å². The average Bonchev–Trinajstić information content (AvgIpc) is 2.76. The lowest BCUT2D eigenvalue weighted by atomic mass is 9.99. The summed E-state index contributed by atoms with van der Waals surface area (Å²) in [5, 5.41) is 0. The summed E-state index contributed by atoms with van der Waals surface area (Å²) >= 11 is 0. The fourth-order valence-electron chi connectivity index (χ4n) is 2.37. The first-order chi connectivity index (χ1) is 7.34. The first-order valence-corrected chi connectivity index (χ1v) is 9.48. The summed E-state index contributed by atoms with van der Waals surface area (Å²) in [7, 11) is 2.55. The van der Waals surface area contributed by atoms with Crippen molar-refractivity contribution in [3.8, 4) is 0 Å². The van der Waals surface area contributed by atoms with Gasteiger partial charge in [0.2, 0.25) is 0 Å². The summed E-state index contributed by atoms with van der Waals surface area (Å²) in [6, 6.07) is 0. The standard InChI is InChI=1S/C13H28P2/c1-3-4-9-14-10-5-7-12(2)13-8-6-11-15-13/h12-15H,3-11H2,1-2H3/t12-,13?/m0/s1. The molecule has 0 aliphatic carbocycles. The van der Waals surface area contributed by atoms with Crippen molar-refractivity contribution in [3.05, 3.63) is 0 Å². The molecule has 1 fully saturated rings. The molecule has 1 aliphatic rings. The molecule has 1 aliphatic heterocycles. The predicted octanol–water partition coefficient (Wildman–Crippen LogP) is 4.72. The fourth-order valence-corrected chi connectivity index (χ4v) is 5.44. The number of hydrogen-bond acceptors (Lipinski definition) is 0. The molecule has 0 radical (unpaired) electrons. The summed E-state index contributed by atoms with van der Waals surface area (Å²) in [4.78, 5) is 0. The van der Waals surface area contributed by atoms with Gasteiger partial charge in [-0.05, 0) is 62.2 Å². The van der Waals surface area contributed by atoms with Crippen molar-refractivity contribution in [3.63, 3.8) is 0 Å². The molecule has 0 bridgehead atoms. The van der Waals surface area contributed by atoms with Crippen LogP contribution in [0.3, 0.4) is 0 Å². The minimum atomic E-state index is 1.03. The van der Waals surface area contributed by atoms with Gasteiger partial charge in [-0.1, -0.05) is 20.3 Å². The van der Waals surface area contributed by atoms with Crippen LogP contribution in [0, 0.1) is 5.92 Å². The topological polar surface area (TPSA) is 0 Å². The quantitative estimate of drug-likeness (QED) is 0.429. The van der Waals surface area contributed by atoms with Gasteiger partial charge < -0.3 is 0 Å². The molecule has 4 atom stereocenters. The lowest BCUT2D eigenvalue weighted by Crippen LogP contribution is -2.09. The van der Waals surface area contributed by atoms with E-state index in [4.69, 9.17) is 0 Å². The summed E-state index contributed by atoms with van der Waals surface area (Å²) in [6.07, 6.45) is 13.5. The molecule has 3 unspecified atom stereocenters. The van der Waals surface area contributed by atoms with Gasteiger partial charge in [0.1, 0.15) is 0 Å². The highest BCUT2D eigenvalue weighted by Crippen LogP contribution is 2.39. The monoisotopic (exact) mass is 246 g/mol. The molecule has 1 heterocycles. The highest BCUT2D eigenvalue weighted by atomic mass is 31.1. The zero-order valence-electron chi connectivity index (χ0n) is 10.5. The summed E-state index contributed by atoms with van der Waals surface area (Å²) in [5.41, 5.74) is 1.11. The van der Waals surface area contributed by atoms with E-state index in [1.807, 2.05) is 0 Å². The van der Waals surface area contributed by atoms with Crippen LogP contribution >= 0.6 is 17.2 Å². The minimum Gasteiger partial charge on any atom is -0.122 e. The van der Waals surface area contributed by atoms with Gasteiger partial charge in [0.05, 0.1) is 0 Å². The number of rotatable bonds is 8. The van der Waals surface area contributed by atoms with Gasteiger partial charge in [-0.25, -0.2) is 0 Å². The van der Waals surface area contributed by atoms with E-state index in [-0.39, 0.29) is 0 Å². The Bertz CT molecular complexity index is 141. The van der Waals surface area contributed by atoms with E-state index in [0.29, 0.717) is 0 Å². The third-order valence-corrected chi connectivity index (χ3v) is 6.94. The Kier molecular flexibility index (Phi) is 8.31. The summed E-state index contributed by atoms with van der Waals surface area (Å²) in [5.74, 6) is 1.03. The van der Waals surface area contributed by atoms with Gasteiger partial charge in [-0.15, -0.1) is 17.2 Å². The predicted molar refractivity (Wildman–Crippen MR) is 77.6 cm³/mol. The zero-order valence-corrected chi connectivity index (χ0v) is 12.5. The van der Waals surface area contributed by atoms with Crippen LogP contribution in [-0.4, -0.2) is 24.1 Å². The minimum absolute atomic E-state index is 1.03. The van der Waals surface area contributed by atoms with E-state index in [2.05, 4.69) is 13.8 Å². The fraction of sp³-hybridized carbons (Fsp3) is 1.00. The van der Waals surface area contributed by atoms with Gasteiger partial charge in [-0.3, -0.25) is 0 Å². The Hall–Kier alpha value is 0.860. The Morgan fingerprint density at radius 3 is 2.80 bits per heavy atom. The van der Waals surface area contributed by atoms with Crippen molar-refractivity contribution in [1.82, 2.24) is 0 Å². The van der Waals surface area contributed by atoms with E-state index in [9.17, 15) is 0 Å². The van der Waals surface area contributed by atoms with Gasteiger partial charge in [-0.2, -0.15) is 0 Å². The van der Waals surface area contributed by atoms with E-state index < -0.39 is 0 Å². The lowest BCUT2D eigenvalue weighted by molar-refractivity contribution is 0.491. The highest BCUT2D eigenvalue weighted by Gasteiger charge is 2.20. The lowest BCUT2D eigenvalue weighted by Gasteiger charge is -2.18. The van der Waals surface area contributed by atoms with Crippen molar-refractivity contribution in [2.75, 3.05) is 18.5 Å². The summed E-state index contributed by atoms with van der Waals surface area (Å²) in [6.45, 7) is 4.80. The maximum atomic E-state index is 2.50. The second-order valence-electron chi connectivity index (χ2n) is 4.93. The molecule has 90 valence electrons. The van der Waals surface area contributed by atoms with E-state index in [1.165, 1.54) is 74.2 Å². The van der Waals surface area contributed by atoms with Crippen LogP contribution in [0.5, 0.6) is 0 Å². The van der Waals surface area contributed by atoms with Crippen LogP contribution in [-0.2, 0) is 0 Å². The molecule has 0 nitrogen and oxygen atoms in total. The Morgan fingerprint density at radius 2 is 2.13 bits per heavy atom. The van der Waals surface area contributed by atoms with Gasteiger partial charge >= 0.3 is 0 Å². The Balaban J connectivity index is 1.90. The first-order valence-electron chi connectivity index (χ1n) is 6.78. The maximum Gasteiger partial charge on any atom is -0.0211 e. The molecule has 1 rings (SSSR count).